The molecule has 1 amide bonds. The molecule has 0 aromatic heterocycles. The van der Waals surface area contributed by atoms with Gasteiger partial charge in [0.25, 0.3) is 5.91 Å². The van der Waals surface area contributed by atoms with E-state index in [9.17, 15) is 9.18 Å². The third kappa shape index (κ3) is 4.81. The lowest BCUT2D eigenvalue weighted by molar-refractivity contribution is -0.130. The fraction of sp³-hybridized carbons (Fsp3) is 0.533. The minimum absolute atomic E-state index is 0.0851. The number of likely N-dealkylation sites (N-methyl/N-ethyl adjacent to an activating group) is 1. The summed E-state index contributed by atoms with van der Waals surface area (Å²) in [5, 5.41) is 3.29. The average molecular weight is 282 g/mol. The summed E-state index contributed by atoms with van der Waals surface area (Å²) < 4.78 is 19.1. The van der Waals surface area contributed by atoms with E-state index < -0.39 is 5.82 Å². The molecule has 1 rings (SSSR count). The molecule has 1 atom stereocenters. The van der Waals surface area contributed by atoms with Crippen LogP contribution in [0.25, 0.3) is 0 Å². The van der Waals surface area contributed by atoms with Crippen molar-refractivity contribution in [2.75, 3.05) is 27.2 Å². The van der Waals surface area contributed by atoms with Crippen LogP contribution in [0.3, 0.4) is 0 Å². The molecule has 1 unspecified atom stereocenters. The van der Waals surface area contributed by atoms with Gasteiger partial charge in [0.1, 0.15) is 0 Å². The Morgan fingerprint density at radius 3 is 2.70 bits per heavy atom. The highest BCUT2D eigenvalue weighted by Gasteiger charge is 2.11. The molecule has 0 fully saturated rings. The van der Waals surface area contributed by atoms with Gasteiger partial charge in [0.15, 0.2) is 18.2 Å². The zero-order valence-electron chi connectivity index (χ0n) is 12.6. The van der Waals surface area contributed by atoms with E-state index in [1.54, 1.807) is 20.2 Å². The van der Waals surface area contributed by atoms with Crippen molar-refractivity contribution in [3.8, 4) is 5.75 Å². The van der Waals surface area contributed by atoms with Gasteiger partial charge in [0, 0.05) is 20.1 Å². The van der Waals surface area contributed by atoms with E-state index in [0.717, 1.165) is 18.5 Å². The second-order valence-corrected chi connectivity index (χ2v) is 4.94. The van der Waals surface area contributed by atoms with Crippen molar-refractivity contribution in [3.05, 3.63) is 29.6 Å². The maximum absolute atomic E-state index is 13.9. The number of rotatable bonds is 7. The Bertz CT molecular complexity index is 449. The summed E-state index contributed by atoms with van der Waals surface area (Å²) >= 11 is 0. The van der Waals surface area contributed by atoms with Crippen LogP contribution in [0.5, 0.6) is 5.75 Å². The Labute approximate surface area is 119 Å². The molecular weight excluding hydrogens is 259 g/mol. The molecule has 1 aromatic rings. The predicted molar refractivity (Wildman–Crippen MR) is 77.3 cm³/mol. The second-order valence-electron chi connectivity index (χ2n) is 4.94. The molecule has 5 heteroatoms. The van der Waals surface area contributed by atoms with Crippen molar-refractivity contribution in [3.63, 3.8) is 0 Å². The van der Waals surface area contributed by atoms with Gasteiger partial charge >= 0.3 is 0 Å². The molecular formula is C15H23FN2O2. The first-order valence-corrected chi connectivity index (χ1v) is 6.81. The van der Waals surface area contributed by atoms with Crippen LogP contribution in [-0.2, 0) is 4.79 Å². The quantitative estimate of drug-likeness (QED) is 0.834. The molecule has 0 saturated heterocycles. The molecule has 0 aliphatic heterocycles. The monoisotopic (exact) mass is 282 g/mol. The number of benzene rings is 1. The molecule has 0 bridgehead atoms. The van der Waals surface area contributed by atoms with Crippen LogP contribution in [0.1, 0.15) is 31.9 Å². The standard InChI is InChI=1S/C15H23FN2O2/c1-5-8-17-11(2)12-6-7-14(13(16)9-12)20-10-15(19)18(3)4/h6-7,9,11,17H,5,8,10H2,1-4H3. The van der Waals surface area contributed by atoms with Gasteiger partial charge < -0.3 is 15.0 Å². The predicted octanol–water partition coefficient (Wildman–Crippen LogP) is 2.35. The SMILES string of the molecule is CCCNC(C)c1ccc(OCC(=O)N(C)C)c(F)c1. The summed E-state index contributed by atoms with van der Waals surface area (Å²) in [6.45, 7) is 4.80. The van der Waals surface area contributed by atoms with E-state index in [1.807, 2.05) is 13.0 Å². The van der Waals surface area contributed by atoms with Crippen LogP contribution < -0.4 is 10.1 Å². The molecule has 0 aliphatic rings. The van der Waals surface area contributed by atoms with Crippen molar-refractivity contribution >= 4 is 5.91 Å². The highest BCUT2D eigenvalue weighted by atomic mass is 19.1. The molecule has 0 aliphatic carbocycles. The number of nitrogens with zero attached hydrogens (tertiary/aromatic N) is 1. The van der Waals surface area contributed by atoms with Crippen LogP contribution in [0.2, 0.25) is 0 Å². The Morgan fingerprint density at radius 1 is 1.45 bits per heavy atom. The van der Waals surface area contributed by atoms with Gasteiger partial charge in [-0.1, -0.05) is 13.0 Å². The summed E-state index contributed by atoms with van der Waals surface area (Å²) in [4.78, 5) is 12.8. The van der Waals surface area contributed by atoms with Crippen LogP contribution in [0.15, 0.2) is 18.2 Å². The van der Waals surface area contributed by atoms with Gasteiger partial charge in [-0.25, -0.2) is 4.39 Å². The topological polar surface area (TPSA) is 41.6 Å². The zero-order chi connectivity index (χ0) is 15.1. The minimum Gasteiger partial charge on any atom is -0.481 e. The number of nitrogens with one attached hydrogen (secondary N) is 1. The molecule has 0 saturated carbocycles. The van der Waals surface area contributed by atoms with E-state index >= 15 is 0 Å². The van der Waals surface area contributed by atoms with Crippen molar-refractivity contribution in [2.45, 2.75) is 26.3 Å². The van der Waals surface area contributed by atoms with E-state index in [0.29, 0.717) is 0 Å². The van der Waals surface area contributed by atoms with Crippen LogP contribution in [0.4, 0.5) is 4.39 Å². The Morgan fingerprint density at radius 2 is 2.15 bits per heavy atom. The zero-order valence-corrected chi connectivity index (χ0v) is 12.6. The maximum Gasteiger partial charge on any atom is 0.259 e. The van der Waals surface area contributed by atoms with E-state index in [4.69, 9.17) is 4.74 Å². The fourth-order valence-corrected chi connectivity index (χ4v) is 1.65. The first-order valence-electron chi connectivity index (χ1n) is 6.81. The smallest absolute Gasteiger partial charge is 0.259 e. The Kier molecular flexibility index (Phi) is 6.45. The third-order valence-electron chi connectivity index (χ3n) is 3.01. The molecule has 0 heterocycles. The molecule has 20 heavy (non-hydrogen) atoms. The Balaban J connectivity index is 2.66. The van der Waals surface area contributed by atoms with Crippen LogP contribution in [-0.4, -0.2) is 38.1 Å². The van der Waals surface area contributed by atoms with Crippen molar-refractivity contribution in [1.82, 2.24) is 10.2 Å². The number of halogens is 1. The summed E-state index contributed by atoms with van der Waals surface area (Å²) in [5.74, 6) is -0.544. The molecule has 1 aromatic carbocycles. The fourth-order valence-electron chi connectivity index (χ4n) is 1.65. The minimum atomic E-state index is -0.445. The number of carbonyl (C=O) groups is 1. The molecule has 112 valence electrons. The van der Waals surface area contributed by atoms with Gasteiger partial charge in [0.2, 0.25) is 0 Å². The summed E-state index contributed by atoms with van der Waals surface area (Å²) in [5.41, 5.74) is 0.863. The maximum atomic E-state index is 13.9. The average Bonchev–Trinajstić information content (AvgIpc) is 2.42. The number of carbonyl (C=O) groups excluding carboxylic acids is 1. The lowest BCUT2D eigenvalue weighted by Crippen LogP contribution is -2.27. The summed E-state index contributed by atoms with van der Waals surface area (Å²) in [6.07, 6.45) is 1.03. The lowest BCUT2D eigenvalue weighted by Gasteiger charge is -2.15. The van der Waals surface area contributed by atoms with E-state index in [-0.39, 0.29) is 24.3 Å². The largest absolute Gasteiger partial charge is 0.481 e. The third-order valence-corrected chi connectivity index (χ3v) is 3.01. The number of hydrogen-bond acceptors (Lipinski definition) is 3. The summed E-state index contributed by atoms with van der Waals surface area (Å²) in [6, 6.07) is 4.91. The summed E-state index contributed by atoms with van der Waals surface area (Å²) in [7, 11) is 3.26. The van der Waals surface area contributed by atoms with Crippen molar-refractivity contribution in [2.24, 2.45) is 0 Å². The highest BCUT2D eigenvalue weighted by Crippen LogP contribution is 2.22. The molecule has 0 radical (unpaired) electrons. The molecule has 0 spiro atoms. The van der Waals surface area contributed by atoms with Crippen molar-refractivity contribution < 1.29 is 13.9 Å². The van der Waals surface area contributed by atoms with Crippen LogP contribution >= 0.6 is 0 Å². The van der Waals surface area contributed by atoms with Gasteiger partial charge in [-0.2, -0.15) is 0 Å². The normalized spacial score (nSPS) is 12.1. The van der Waals surface area contributed by atoms with Gasteiger partial charge in [-0.3, -0.25) is 4.79 Å². The van der Waals surface area contributed by atoms with Crippen LogP contribution in [0, 0.1) is 5.82 Å². The number of ether oxygens (including phenoxy) is 1. The Hall–Kier alpha value is -1.62. The lowest BCUT2D eigenvalue weighted by atomic mass is 10.1. The first kappa shape index (κ1) is 16.4. The van der Waals surface area contributed by atoms with Gasteiger partial charge in [-0.15, -0.1) is 0 Å². The highest BCUT2D eigenvalue weighted by molar-refractivity contribution is 5.77. The van der Waals surface area contributed by atoms with Crippen molar-refractivity contribution in [1.29, 1.82) is 0 Å². The molecule has 4 nitrogen and oxygen atoms in total. The number of hydrogen-bond donors (Lipinski definition) is 1. The first-order chi connectivity index (χ1) is 9.45. The van der Waals surface area contributed by atoms with Gasteiger partial charge in [-0.05, 0) is 37.6 Å². The second kappa shape index (κ2) is 7.85. The molecule has 1 N–H and O–H groups in total. The van der Waals surface area contributed by atoms with E-state index in [1.165, 1.54) is 11.0 Å². The van der Waals surface area contributed by atoms with E-state index in [2.05, 4.69) is 12.2 Å². The van der Waals surface area contributed by atoms with Gasteiger partial charge in [0.05, 0.1) is 0 Å². The number of amides is 1.